The SMILES string of the molecule is CC(=O)CC(=O)[O-].CC(=O)CC(=O)[O-].C[CH](C)[Ti+2][CH](C)C. The van der Waals surface area contributed by atoms with E-state index in [4.69, 9.17) is 0 Å². The van der Waals surface area contributed by atoms with E-state index in [-0.39, 0.29) is 11.6 Å². The topological polar surface area (TPSA) is 114 Å². The first-order valence-corrected chi connectivity index (χ1v) is 8.33. The number of carbonyl (C=O) groups excluding carboxylic acids is 4. The van der Waals surface area contributed by atoms with E-state index in [0.717, 1.165) is 8.45 Å². The number of carboxylic acids is 2. The van der Waals surface area contributed by atoms with Crippen LogP contribution in [-0.2, 0) is 38.3 Å². The molecule has 0 saturated carbocycles. The fourth-order valence-corrected chi connectivity index (χ4v) is 3.16. The van der Waals surface area contributed by atoms with Crippen LogP contribution in [0.4, 0.5) is 0 Å². The molecule has 0 N–H and O–H groups in total. The monoisotopic (exact) mass is 336 g/mol. The second-order valence-corrected chi connectivity index (χ2v) is 9.10. The predicted molar refractivity (Wildman–Crippen MR) is 70.8 cm³/mol. The van der Waals surface area contributed by atoms with E-state index in [9.17, 15) is 29.4 Å². The molecule has 0 heterocycles. The standard InChI is InChI=1S/2C4H6O3.2C3H7.Ti/c2*1-3(5)2-4(6)7;2*1-3-2;/h2*2H2,1H3,(H,6,7);2*3H,1-2H3;/q;;;;+2/p-2. The summed E-state index contributed by atoms with van der Waals surface area (Å²) in [7, 11) is 0. The zero-order valence-corrected chi connectivity index (χ0v) is 15.1. The molecule has 0 radical (unpaired) electrons. The number of carboxylic acid groups (broad SMARTS) is 2. The van der Waals surface area contributed by atoms with Crippen molar-refractivity contribution < 1.29 is 48.5 Å². The Morgan fingerprint density at radius 1 is 0.762 bits per heavy atom. The van der Waals surface area contributed by atoms with Crippen LogP contribution in [0.2, 0.25) is 8.45 Å². The quantitative estimate of drug-likeness (QED) is 0.504. The molecule has 0 amide bonds. The molecule has 0 fully saturated rings. The number of ketones is 2. The van der Waals surface area contributed by atoms with E-state index in [0.29, 0.717) is 19.2 Å². The summed E-state index contributed by atoms with van der Waals surface area (Å²) in [6.45, 7) is 11.7. The predicted octanol–water partition coefficient (Wildman–Crippen LogP) is 0.156. The average molecular weight is 336 g/mol. The molecule has 0 aromatic heterocycles. The number of Topliss-reactive ketones (excluding diaryl/α,β-unsaturated/α-hetero) is 2. The zero-order chi connectivity index (χ0) is 17.6. The molecule has 0 aliphatic heterocycles. The first-order valence-electron chi connectivity index (χ1n) is 6.53. The van der Waals surface area contributed by atoms with Gasteiger partial charge in [0, 0.05) is 24.8 Å². The molecule has 0 aromatic carbocycles. The van der Waals surface area contributed by atoms with E-state index in [1.165, 1.54) is 13.8 Å². The third-order valence-electron chi connectivity index (χ3n) is 1.45. The van der Waals surface area contributed by atoms with Gasteiger partial charge in [-0.05, 0) is 13.8 Å². The molecule has 0 bridgehead atoms. The molecule has 0 saturated heterocycles. The van der Waals surface area contributed by atoms with Gasteiger partial charge in [0.1, 0.15) is 11.6 Å². The first-order chi connectivity index (χ1) is 9.38. The van der Waals surface area contributed by atoms with Crippen molar-refractivity contribution in [2.75, 3.05) is 0 Å². The van der Waals surface area contributed by atoms with Crippen LogP contribution in [0.25, 0.3) is 0 Å². The van der Waals surface area contributed by atoms with Gasteiger partial charge in [-0.1, -0.05) is 0 Å². The van der Waals surface area contributed by atoms with Crippen LogP contribution in [-0.4, -0.2) is 23.5 Å². The van der Waals surface area contributed by atoms with Crippen molar-refractivity contribution in [2.24, 2.45) is 0 Å². The molecule has 0 aliphatic rings. The van der Waals surface area contributed by atoms with E-state index in [1.54, 1.807) is 0 Å². The van der Waals surface area contributed by atoms with Crippen molar-refractivity contribution in [3.63, 3.8) is 0 Å². The Hall–Kier alpha value is -1.01. The second kappa shape index (κ2) is 15.4. The minimum absolute atomic E-state index is 0.375. The minimum atomic E-state index is -1.31. The van der Waals surface area contributed by atoms with Gasteiger partial charge in [-0.25, -0.2) is 0 Å². The van der Waals surface area contributed by atoms with Gasteiger partial charge in [0.05, 0.1) is 0 Å². The molecular weight excluding hydrogens is 312 g/mol. The van der Waals surface area contributed by atoms with Gasteiger partial charge in [-0.3, -0.25) is 9.59 Å². The van der Waals surface area contributed by atoms with Crippen molar-refractivity contribution in [2.45, 2.75) is 62.8 Å². The maximum atomic E-state index is 9.83. The maximum absolute atomic E-state index is 9.83. The molecule has 0 unspecified atom stereocenters. The van der Waals surface area contributed by atoms with Crippen LogP contribution in [0, 0.1) is 0 Å². The fourth-order valence-electron chi connectivity index (χ4n) is 1.07. The number of carbonyl (C=O) groups is 4. The first kappa shape index (κ1) is 25.0. The van der Waals surface area contributed by atoms with Crippen LogP contribution in [0.15, 0.2) is 0 Å². The molecule has 0 aliphatic carbocycles. The summed E-state index contributed by atoms with van der Waals surface area (Å²) >= 11 is 0.389. The molecule has 7 heteroatoms. The van der Waals surface area contributed by atoms with Gasteiger partial charge in [-0.2, -0.15) is 0 Å². The van der Waals surface area contributed by atoms with Crippen LogP contribution >= 0.6 is 0 Å². The van der Waals surface area contributed by atoms with Crippen molar-refractivity contribution in [1.29, 1.82) is 0 Å². The van der Waals surface area contributed by atoms with Crippen LogP contribution in [0.5, 0.6) is 0 Å². The van der Waals surface area contributed by atoms with E-state index < -0.39 is 24.8 Å². The van der Waals surface area contributed by atoms with Gasteiger partial charge in [0.25, 0.3) is 0 Å². The zero-order valence-electron chi connectivity index (χ0n) is 13.5. The Labute approximate surface area is 135 Å². The molecule has 0 spiro atoms. The second-order valence-electron chi connectivity index (χ2n) is 4.98. The van der Waals surface area contributed by atoms with Crippen LogP contribution in [0.3, 0.4) is 0 Å². The van der Waals surface area contributed by atoms with Gasteiger partial charge >= 0.3 is 55.3 Å². The van der Waals surface area contributed by atoms with Gasteiger partial charge in [0.15, 0.2) is 0 Å². The number of rotatable bonds is 6. The molecule has 120 valence electrons. The Bertz CT molecular complexity index is 280. The summed E-state index contributed by atoms with van der Waals surface area (Å²) in [5.41, 5.74) is 0. The number of hydrogen-bond acceptors (Lipinski definition) is 6. The Morgan fingerprint density at radius 2 is 1.00 bits per heavy atom. The molecular formula is C14H24O6Ti. The number of hydrogen-bond donors (Lipinski definition) is 0. The molecule has 0 aromatic rings. The Balaban J connectivity index is -0.000000231. The third-order valence-corrected chi connectivity index (χ3v) is 3.54. The third kappa shape index (κ3) is 45.4. The summed E-state index contributed by atoms with van der Waals surface area (Å²) in [6, 6.07) is 0. The van der Waals surface area contributed by atoms with Crippen LogP contribution in [0.1, 0.15) is 54.4 Å². The Kier molecular flexibility index (Phi) is 18.3. The molecule has 0 atom stereocenters. The van der Waals surface area contributed by atoms with Gasteiger partial charge in [-0.15, -0.1) is 0 Å². The van der Waals surface area contributed by atoms with Crippen molar-refractivity contribution in [3.8, 4) is 0 Å². The molecule has 21 heavy (non-hydrogen) atoms. The summed E-state index contributed by atoms with van der Waals surface area (Å²) in [6.07, 6.45) is -0.944. The van der Waals surface area contributed by atoms with Crippen molar-refractivity contribution in [3.05, 3.63) is 0 Å². The van der Waals surface area contributed by atoms with Gasteiger partial charge < -0.3 is 19.8 Å². The summed E-state index contributed by atoms with van der Waals surface area (Å²) in [4.78, 5) is 38.6. The normalized spacial score (nSPS) is 8.76. The number of aliphatic carboxylic acids is 2. The van der Waals surface area contributed by atoms with Crippen molar-refractivity contribution >= 4 is 23.5 Å². The Morgan fingerprint density at radius 3 is 1.00 bits per heavy atom. The van der Waals surface area contributed by atoms with Crippen LogP contribution < -0.4 is 10.2 Å². The van der Waals surface area contributed by atoms with Crippen molar-refractivity contribution in [1.82, 2.24) is 0 Å². The summed E-state index contributed by atoms with van der Waals surface area (Å²) in [5, 5.41) is 19.0. The van der Waals surface area contributed by atoms with E-state index in [1.807, 2.05) is 0 Å². The van der Waals surface area contributed by atoms with E-state index >= 15 is 0 Å². The summed E-state index contributed by atoms with van der Waals surface area (Å²) in [5.74, 6) is -3.37. The fraction of sp³-hybridized carbons (Fsp3) is 0.714. The van der Waals surface area contributed by atoms with E-state index in [2.05, 4.69) is 27.7 Å². The molecule has 6 nitrogen and oxygen atoms in total. The molecule has 0 rings (SSSR count). The van der Waals surface area contributed by atoms with Gasteiger partial charge in [0.2, 0.25) is 0 Å². The average Bonchev–Trinajstić information content (AvgIpc) is 2.10. The summed E-state index contributed by atoms with van der Waals surface area (Å²) < 4.78 is 2.00.